The summed E-state index contributed by atoms with van der Waals surface area (Å²) < 4.78 is 28.6. The van der Waals surface area contributed by atoms with E-state index in [4.69, 9.17) is 9.88 Å². The molecule has 3 heterocycles. The van der Waals surface area contributed by atoms with Crippen molar-refractivity contribution in [1.29, 1.82) is 0 Å². The molecule has 136 valence electrons. The van der Waals surface area contributed by atoms with Crippen LogP contribution in [-0.4, -0.2) is 51.6 Å². The molecule has 0 spiro atoms. The van der Waals surface area contributed by atoms with Crippen molar-refractivity contribution >= 4 is 16.0 Å². The number of sulfonamides is 1. The van der Waals surface area contributed by atoms with E-state index in [-0.39, 0.29) is 4.90 Å². The minimum Gasteiger partial charge on any atom is -0.374 e. The van der Waals surface area contributed by atoms with Crippen molar-refractivity contribution in [3.63, 3.8) is 0 Å². The second-order valence-electron chi connectivity index (χ2n) is 7.11. The Morgan fingerprint density at radius 3 is 2.36 bits per heavy atom. The first-order valence-electron chi connectivity index (χ1n) is 8.68. The molecule has 0 amide bonds. The van der Waals surface area contributed by atoms with E-state index in [9.17, 15) is 8.42 Å². The number of likely N-dealkylation sites (tertiary alicyclic amines) is 1. The van der Waals surface area contributed by atoms with E-state index >= 15 is 0 Å². The SMILES string of the molecule is CN=C(NCc1ccc(S(N)(=O)=O)cc1)N1CC2C3CCC(O3)C2C1. The third-order valence-electron chi connectivity index (χ3n) is 5.67. The van der Waals surface area contributed by atoms with Crippen LogP contribution in [0, 0.1) is 11.8 Å². The van der Waals surface area contributed by atoms with Crippen molar-refractivity contribution in [3.05, 3.63) is 29.8 Å². The standard InChI is InChI=1S/C17H24N4O3S/c1-19-17(20-8-11-2-4-12(5-3-11)25(18,22)23)21-9-13-14(10-21)16-7-6-15(13)24-16/h2-5,13-16H,6-10H2,1H3,(H,19,20)(H2,18,22,23). The molecule has 0 radical (unpaired) electrons. The van der Waals surface area contributed by atoms with Gasteiger partial charge in [-0.15, -0.1) is 0 Å². The van der Waals surface area contributed by atoms with Crippen molar-refractivity contribution in [2.24, 2.45) is 22.0 Å². The van der Waals surface area contributed by atoms with Crippen LogP contribution in [0.2, 0.25) is 0 Å². The van der Waals surface area contributed by atoms with Gasteiger partial charge in [-0.05, 0) is 30.5 Å². The van der Waals surface area contributed by atoms with E-state index in [1.165, 1.54) is 25.0 Å². The zero-order valence-corrected chi connectivity index (χ0v) is 15.1. The normalized spacial score (nSPS) is 31.4. The Bertz CT molecular complexity index is 760. The highest BCUT2D eigenvalue weighted by atomic mass is 32.2. The fraction of sp³-hybridized carbons (Fsp3) is 0.588. The number of nitrogens with two attached hydrogens (primary N) is 1. The second kappa shape index (κ2) is 6.26. The highest BCUT2D eigenvalue weighted by Crippen LogP contribution is 2.47. The predicted octanol–water partition coefficient (Wildman–Crippen LogP) is 0.519. The van der Waals surface area contributed by atoms with Gasteiger partial charge in [0, 0.05) is 38.5 Å². The zero-order chi connectivity index (χ0) is 17.6. The first kappa shape index (κ1) is 16.8. The van der Waals surface area contributed by atoms with Crippen molar-refractivity contribution in [3.8, 4) is 0 Å². The molecule has 3 aliphatic heterocycles. The lowest BCUT2D eigenvalue weighted by atomic mass is 9.82. The third kappa shape index (κ3) is 3.14. The van der Waals surface area contributed by atoms with Gasteiger partial charge in [-0.2, -0.15) is 0 Å². The van der Waals surface area contributed by atoms with Gasteiger partial charge >= 0.3 is 0 Å². The van der Waals surface area contributed by atoms with Crippen LogP contribution in [0.25, 0.3) is 0 Å². The number of nitrogens with zero attached hydrogens (tertiary/aromatic N) is 2. The number of hydrogen-bond donors (Lipinski definition) is 2. The second-order valence-corrected chi connectivity index (χ2v) is 8.67. The maximum Gasteiger partial charge on any atom is 0.238 e. The molecular formula is C17H24N4O3S. The highest BCUT2D eigenvalue weighted by Gasteiger charge is 2.53. The van der Waals surface area contributed by atoms with Gasteiger partial charge in [0.2, 0.25) is 10.0 Å². The van der Waals surface area contributed by atoms with Crippen molar-refractivity contribution in [2.45, 2.75) is 36.5 Å². The summed E-state index contributed by atoms with van der Waals surface area (Å²) in [7, 11) is -1.85. The molecule has 1 aromatic carbocycles. The van der Waals surface area contributed by atoms with Crippen molar-refractivity contribution in [2.75, 3.05) is 20.1 Å². The molecular weight excluding hydrogens is 340 g/mol. The summed E-state index contributed by atoms with van der Waals surface area (Å²) in [6, 6.07) is 6.61. The molecule has 3 aliphatic rings. The fourth-order valence-corrected chi connectivity index (χ4v) is 4.96. The molecule has 3 N–H and O–H groups in total. The summed E-state index contributed by atoms with van der Waals surface area (Å²) in [4.78, 5) is 6.86. The van der Waals surface area contributed by atoms with Crippen LogP contribution >= 0.6 is 0 Å². The number of guanidine groups is 1. The molecule has 7 nitrogen and oxygen atoms in total. The smallest absolute Gasteiger partial charge is 0.238 e. The third-order valence-corrected chi connectivity index (χ3v) is 6.60. The number of ether oxygens (including phenoxy) is 1. The van der Waals surface area contributed by atoms with Crippen molar-refractivity contribution in [1.82, 2.24) is 10.2 Å². The van der Waals surface area contributed by atoms with Gasteiger partial charge in [0.1, 0.15) is 0 Å². The molecule has 0 aliphatic carbocycles. The minimum absolute atomic E-state index is 0.128. The summed E-state index contributed by atoms with van der Waals surface area (Å²) in [5.74, 6) is 2.15. The van der Waals surface area contributed by atoms with Crippen LogP contribution in [0.15, 0.2) is 34.2 Å². The van der Waals surface area contributed by atoms with Gasteiger partial charge in [-0.25, -0.2) is 13.6 Å². The molecule has 3 fully saturated rings. The molecule has 2 bridgehead atoms. The molecule has 8 heteroatoms. The lowest BCUT2D eigenvalue weighted by Crippen LogP contribution is -2.41. The summed E-state index contributed by atoms with van der Waals surface area (Å²) in [6.07, 6.45) is 3.26. The maximum atomic E-state index is 11.3. The first-order chi connectivity index (χ1) is 12.0. The molecule has 0 aromatic heterocycles. The Morgan fingerprint density at radius 1 is 1.24 bits per heavy atom. The Kier molecular flexibility index (Phi) is 4.21. The quantitative estimate of drug-likeness (QED) is 0.602. The molecule has 25 heavy (non-hydrogen) atoms. The van der Waals surface area contributed by atoms with E-state index in [1.54, 1.807) is 19.2 Å². The van der Waals surface area contributed by atoms with E-state index in [0.717, 1.165) is 24.6 Å². The Labute approximate surface area is 148 Å². The van der Waals surface area contributed by atoms with Crippen LogP contribution in [0.1, 0.15) is 18.4 Å². The lowest BCUT2D eigenvalue weighted by Gasteiger charge is -2.23. The average Bonchev–Trinajstić information content (AvgIpc) is 3.28. The number of aliphatic imine (C=N–C) groups is 1. The van der Waals surface area contributed by atoms with Crippen molar-refractivity contribution < 1.29 is 13.2 Å². The van der Waals surface area contributed by atoms with E-state index in [2.05, 4.69) is 15.2 Å². The number of primary sulfonamides is 1. The predicted molar refractivity (Wildman–Crippen MR) is 94.5 cm³/mol. The first-order valence-corrected chi connectivity index (χ1v) is 10.2. The fourth-order valence-electron chi connectivity index (χ4n) is 4.44. The number of fused-ring (bicyclic) bond motifs is 5. The topological polar surface area (TPSA) is 97.0 Å². The molecule has 4 rings (SSSR count). The summed E-state index contributed by atoms with van der Waals surface area (Å²) in [5, 5.41) is 8.51. The number of rotatable bonds is 3. The summed E-state index contributed by atoms with van der Waals surface area (Å²) >= 11 is 0. The molecule has 3 saturated heterocycles. The van der Waals surface area contributed by atoms with Gasteiger partial charge in [-0.3, -0.25) is 4.99 Å². The van der Waals surface area contributed by atoms with E-state index in [1.807, 2.05) is 0 Å². The molecule has 1 aromatic rings. The monoisotopic (exact) mass is 364 g/mol. The Morgan fingerprint density at radius 2 is 1.84 bits per heavy atom. The molecule has 0 saturated carbocycles. The Balaban J connectivity index is 1.37. The summed E-state index contributed by atoms with van der Waals surface area (Å²) in [6.45, 7) is 2.58. The van der Waals surface area contributed by atoms with Crippen LogP contribution in [0.3, 0.4) is 0 Å². The van der Waals surface area contributed by atoms with Crippen LogP contribution in [0.5, 0.6) is 0 Å². The minimum atomic E-state index is -3.65. The van der Waals surface area contributed by atoms with Gasteiger partial charge in [0.05, 0.1) is 17.1 Å². The number of nitrogens with one attached hydrogen (secondary N) is 1. The lowest BCUT2D eigenvalue weighted by molar-refractivity contribution is 0.0767. The van der Waals surface area contributed by atoms with Gasteiger partial charge in [-0.1, -0.05) is 12.1 Å². The molecule has 4 unspecified atom stereocenters. The molecule has 4 atom stereocenters. The maximum absolute atomic E-state index is 11.3. The average molecular weight is 364 g/mol. The largest absolute Gasteiger partial charge is 0.374 e. The van der Waals surface area contributed by atoms with Gasteiger partial charge < -0.3 is 15.0 Å². The zero-order valence-electron chi connectivity index (χ0n) is 14.3. The van der Waals surface area contributed by atoms with Crippen LogP contribution in [-0.2, 0) is 21.3 Å². The Hall–Kier alpha value is -1.64. The van der Waals surface area contributed by atoms with E-state index < -0.39 is 10.0 Å². The number of hydrogen-bond acceptors (Lipinski definition) is 4. The number of benzene rings is 1. The summed E-state index contributed by atoms with van der Waals surface area (Å²) in [5.41, 5.74) is 0.983. The van der Waals surface area contributed by atoms with Gasteiger partial charge in [0.15, 0.2) is 5.96 Å². The highest BCUT2D eigenvalue weighted by molar-refractivity contribution is 7.89. The van der Waals surface area contributed by atoms with Gasteiger partial charge in [0.25, 0.3) is 0 Å². The van der Waals surface area contributed by atoms with E-state index in [0.29, 0.717) is 30.6 Å². The van der Waals surface area contributed by atoms with Crippen LogP contribution in [0.4, 0.5) is 0 Å². The van der Waals surface area contributed by atoms with Crippen LogP contribution < -0.4 is 10.5 Å².